The molecule has 2 saturated heterocycles. The van der Waals surface area contributed by atoms with Crippen molar-refractivity contribution >= 4 is 101 Å². The Morgan fingerprint density at radius 2 is 0.643 bits per heavy atom. The first kappa shape index (κ1) is 96.1. The lowest BCUT2D eigenvalue weighted by molar-refractivity contribution is 0.109. The van der Waals surface area contributed by atoms with Crippen LogP contribution in [0.3, 0.4) is 0 Å². The van der Waals surface area contributed by atoms with E-state index in [1.54, 1.807) is 83.9 Å². The monoisotopic (exact) mass is 1910 g/mol. The van der Waals surface area contributed by atoms with Gasteiger partial charge in [0.25, 0.3) is 0 Å². The lowest BCUT2D eigenvalue weighted by atomic mass is 10.1. The van der Waals surface area contributed by atoms with Crippen molar-refractivity contribution in [2.45, 2.75) is 71.4 Å². The molecule has 5 aliphatic rings. The third-order valence-corrected chi connectivity index (χ3v) is 26.3. The largest absolute Gasteiger partial charge is 0.497 e. The number of halogens is 1. The molecule has 33 heteroatoms. The van der Waals surface area contributed by atoms with Gasteiger partial charge >= 0.3 is 0 Å². The zero-order valence-electron chi connectivity index (χ0n) is 81.4. The summed E-state index contributed by atoms with van der Waals surface area (Å²) in [7, 11) is 15.5. The summed E-state index contributed by atoms with van der Waals surface area (Å²) in [6.07, 6.45) is 32.3. The number of benzene rings is 8. The summed E-state index contributed by atoms with van der Waals surface area (Å²) in [4.78, 5) is 54.8. The van der Waals surface area contributed by atoms with Gasteiger partial charge in [-0.2, -0.15) is 20.4 Å². The number of hydrogen-bond acceptors (Lipinski definition) is 28. The minimum Gasteiger partial charge on any atom is -0.497 e. The fourth-order valence-electron chi connectivity index (χ4n) is 17.5. The van der Waals surface area contributed by atoms with Gasteiger partial charge in [0.15, 0.2) is 0 Å². The van der Waals surface area contributed by atoms with E-state index < -0.39 is 0 Å². The number of aliphatic hydroxyl groups is 1. The van der Waals surface area contributed by atoms with Crippen LogP contribution in [-0.2, 0) is 27.2 Å². The molecule has 32 nitrogen and oxygen atoms in total. The fraction of sp³-hybridized carbons (Fsp3) is 0.364. The van der Waals surface area contributed by atoms with Crippen LogP contribution in [0.2, 0.25) is 5.02 Å². The number of aliphatic hydroxyl groups excluding tert-OH is 1. The van der Waals surface area contributed by atoms with Gasteiger partial charge in [0.05, 0.1) is 186 Å². The molecule has 3 aliphatic carbocycles. The summed E-state index contributed by atoms with van der Waals surface area (Å²) in [5.41, 5.74) is 22.3. The molecule has 21 rings (SSSR count). The van der Waals surface area contributed by atoms with Crippen LogP contribution in [0.1, 0.15) is 58.3 Å². The van der Waals surface area contributed by atoms with E-state index in [0.717, 1.165) is 299 Å². The van der Waals surface area contributed by atoms with Crippen LogP contribution in [0, 0.1) is 17.8 Å². The SMILES string of the molecule is CCCCN(c1cc(OC)cc(OC)c1)c1ccc2ncc(-c3cnn(C)c3)nc2c1.COc1cc(Cl)cc(N(CC2CC2)c2ccc3ncc(-c4cnn(C)c4)nc3c2)c1.COc1cc(OC)cc(N(CC2CC2)c2ccc3ncc(-c4cnn(CCN5CCN(CCO)CC5)c4)nc3c2)c1.COc1cc(OC)cc(N(CC2CC2)c2ccc3ncc(-c4cnn(CCN5CCNCC5)c4)nc3c2)c1. The van der Waals surface area contributed by atoms with Gasteiger partial charge in [-0.05, 0) is 148 Å². The van der Waals surface area contributed by atoms with Crippen molar-refractivity contribution in [2.24, 2.45) is 31.8 Å². The fourth-order valence-corrected chi connectivity index (χ4v) is 17.7. The van der Waals surface area contributed by atoms with E-state index in [2.05, 4.69) is 168 Å². The average Bonchev–Trinajstić information content (AvgIpc) is 1.53. The molecule has 140 heavy (non-hydrogen) atoms. The van der Waals surface area contributed by atoms with Crippen LogP contribution in [0.25, 0.3) is 89.2 Å². The van der Waals surface area contributed by atoms with Crippen LogP contribution in [0.15, 0.2) is 220 Å². The zero-order chi connectivity index (χ0) is 96.5. The number of nitrogens with zero attached hydrogens (tertiary/aromatic N) is 23. The number of nitrogens with one attached hydrogen (secondary N) is 1. The maximum atomic E-state index is 9.16. The van der Waals surface area contributed by atoms with Crippen LogP contribution in [-0.4, -0.2) is 253 Å². The summed E-state index contributed by atoms with van der Waals surface area (Å²) < 4.78 is 46.2. The summed E-state index contributed by atoms with van der Waals surface area (Å²) in [6, 6.07) is 48.8. The molecule has 0 spiro atoms. The van der Waals surface area contributed by atoms with Crippen LogP contribution >= 0.6 is 11.6 Å². The number of unbranched alkanes of at least 4 members (excludes halogenated alkanes) is 1. The Bertz CT molecular complexity index is 6820. The van der Waals surface area contributed by atoms with Crippen LogP contribution in [0.5, 0.6) is 40.2 Å². The normalized spacial score (nSPS) is 14.5. The molecule has 0 amide bonds. The number of piperazine rings is 2. The Balaban J connectivity index is 0.000000125. The number of fused-ring (bicyclic) bond motifs is 4. The van der Waals surface area contributed by atoms with Gasteiger partial charge in [0.1, 0.15) is 40.2 Å². The maximum absolute atomic E-state index is 9.16. The smallest absolute Gasteiger partial charge is 0.124 e. The average molecular weight is 1910 g/mol. The summed E-state index contributed by atoms with van der Waals surface area (Å²) in [5.74, 6) is 7.41. The Hall–Kier alpha value is -14.2. The van der Waals surface area contributed by atoms with Crippen molar-refractivity contribution in [1.29, 1.82) is 0 Å². The first-order chi connectivity index (χ1) is 68.5. The predicted molar refractivity (Wildman–Crippen MR) is 552 cm³/mol. The van der Waals surface area contributed by atoms with Crippen molar-refractivity contribution in [1.82, 2.24) is 99.0 Å². The van der Waals surface area contributed by atoms with E-state index in [0.29, 0.717) is 22.8 Å². The Morgan fingerprint density at radius 1 is 0.336 bits per heavy atom. The number of ether oxygens (including phenoxy) is 7. The van der Waals surface area contributed by atoms with Gasteiger partial charge in [-0.25, -0.2) is 19.9 Å². The highest BCUT2D eigenvalue weighted by Gasteiger charge is 2.31. The summed E-state index contributed by atoms with van der Waals surface area (Å²) in [6.45, 7) is 18.8. The molecular weight excluding hydrogens is 1780 g/mol. The maximum Gasteiger partial charge on any atom is 0.124 e. The number of hydrogen-bond donors (Lipinski definition) is 2. The van der Waals surface area contributed by atoms with Gasteiger partial charge in [0.2, 0.25) is 0 Å². The first-order valence-corrected chi connectivity index (χ1v) is 48.6. The second kappa shape index (κ2) is 45.2. The highest BCUT2D eigenvalue weighted by Crippen LogP contribution is 2.44. The molecule has 16 aromatic rings. The molecule has 726 valence electrons. The quantitative estimate of drug-likeness (QED) is 0.0369. The molecule has 0 unspecified atom stereocenters. The van der Waals surface area contributed by atoms with Gasteiger partial charge < -0.3 is 63.2 Å². The lowest BCUT2D eigenvalue weighted by Crippen LogP contribution is -2.47. The van der Waals surface area contributed by atoms with Gasteiger partial charge in [0, 0.05) is 270 Å². The lowest BCUT2D eigenvalue weighted by Gasteiger charge is -2.34. The molecule has 5 fully saturated rings. The third kappa shape index (κ3) is 24.6. The highest BCUT2D eigenvalue weighted by atomic mass is 35.5. The van der Waals surface area contributed by atoms with E-state index in [-0.39, 0.29) is 6.61 Å². The molecule has 0 atom stereocenters. The molecule has 3 saturated carbocycles. The van der Waals surface area contributed by atoms with Crippen LogP contribution in [0.4, 0.5) is 45.5 Å². The number of aryl methyl sites for hydroxylation is 2. The molecule has 8 aromatic carbocycles. The minimum absolute atomic E-state index is 0.227. The number of rotatable bonds is 36. The predicted octanol–water partition coefficient (Wildman–Crippen LogP) is 17.9. The Labute approximate surface area is 821 Å². The Morgan fingerprint density at radius 3 is 0.964 bits per heavy atom. The number of β-amino-alcohol motifs (C(OH)–C–C–N with tert-alkyl or cyclic N) is 1. The van der Waals surface area contributed by atoms with Crippen molar-refractivity contribution < 1.29 is 38.3 Å². The van der Waals surface area contributed by atoms with E-state index in [9.17, 15) is 0 Å². The molecule has 8 aromatic heterocycles. The van der Waals surface area contributed by atoms with E-state index in [1.807, 2.05) is 127 Å². The van der Waals surface area contributed by atoms with Gasteiger partial charge in [-0.3, -0.25) is 53.4 Å². The number of methoxy groups -OCH3 is 7. The molecule has 0 bridgehead atoms. The van der Waals surface area contributed by atoms with Crippen molar-refractivity contribution in [3.63, 3.8) is 0 Å². The standard InChI is InChI=1S/C31H39N7O3.C29H35N7O2.C24H27N5O2.C23H22ClN5O/c1-40-27-15-26(16-28(18-27)41-2)38(21-23-3-4-23)25-5-6-29-30(17-25)34-31(20-32-29)24-19-33-37(22-24)12-11-35-7-9-36(10-8-35)13-14-39;1-37-25-13-24(14-26(16-25)38-2)36(19-21-3-4-21)23-5-6-27-28(15-23)33-29(18-31-27)22-17-32-35(20-22)12-11-34-9-7-30-8-10-34;1-5-6-9-29(19-10-20(30-3)13-21(11-19)31-4)18-7-8-22-23(12-18)27-24(15-25-22)17-14-26-28(2)16-17;1-28-14-16(11-26-28)23-12-25-21-6-5-18(10-22(21)27-23)29(13-15-3-4-15)19-7-17(24)8-20(9-19)30-2/h5-6,15-20,22-23,39H,3-4,7-14,21H2,1-2H3;5-6,13-18,20-21,30H,3-4,7-12,19H2,1-2H3;7-8,10-16H,5-6,9H2,1-4H3;5-12,14-15H,3-4,13H2,1-2H3. The molecule has 10 heterocycles. The van der Waals surface area contributed by atoms with Crippen molar-refractivity contribution in [3.8, 4) is 85.3 Å². The van der Waals surface area contributed by atoms with Gasteiger partial charge in [-0.15, -0.1) is 0 Å². The van der Waals surface area contributed by atoms with Gasteiger partial charge in [-0.1, -0.05) is 24.9 Å². The van der Waals surface area contributed by atoms with E-state index in [1.165, 1.54) is 38.5 Å². The van der Waals surface area contributed by atoms with E-state index >= 15 is 0 Å². The molecule has 0 radical (unpaired) electrons. The van der Waals surface area contributed by atoms with Crippen LogP contribution < -0.4 is 58.1 Å². The third-order valence-electron chi connectivity index (χ3n) is 26.1. The first-order valence-electron chi connectivity index (χ1n) is 48.2. The van der Waals surface area contributed by atoms with Crippen molar-refractivity contribution in [3.05, 3.63) is 225 Å². The number of aromatic nitrogens is 16. The zero-order valence-corrected chi connectivity index (χ0v) is 82.1. The molecule has 2 N–H and O–H groups in total. The number of anilines is 8. The summed E-state index contributed by atoms with van der Waals surface area (Å²) >= 11 is 6.36. The topological polar surface area (TPSA) is 294 Å². The second-order valence-electron chi connectivity index (χ2n) is 36.2. The minimum atomic E-state index is 0.227. The Kier molecular flexibility index (Phi) is 31.0. The highest BCUT2D eigenvalue weighted by molar-refractivity contribution is 6.31. The molecular formula is C107H123ClN24O8. The van der Waals surface area contributed by atoms with E-state index in [4.69, 9.17) is 79.8 Å². The second-order valence-corrected chi connectivity index (χ2v) is 36.7. The summed E-state index contributed by atoms with van der Waals surface area (Å²) in [5, 5.41) is 30.9. The van der Waals surface area contributed by atoms with Crippen molar-refractivity contribution in [2.75, 3.05) is 174 Å². The molecule has 2 aliphatic heterocycles.